The van der Waals surface area contributed by atoms with Gasteiger partial charge >= 0.3 is 0 Å². The van der Waals surface area contributed by atoms with Crippen molar-refractivity contribution in [1.82, 2.24) is 4.90 Å². The molecule has 2 atom stereocenters. The smallest absolute Gasteiger partial charge is 0.253 e. The minimum absolute atomic E-state index is 0.0628. The van der Waals surface area contributed by atoms with Crippen LogP contribution < -0.4 is 10.0 Å². The minimum Gasteiger partial charge on any atom is -0.550 e. The summed E-state index contributed by atoms with van der Waals surface area (Å²) in [5, 5.41) is 11.2. The molecule has 1 aromatic rings. The quantitative estimate of drug-likeness (QED) is 0.799. The number of aliphatic carboxylic acids is 1. The van der Waals surface area contributed by atoms with E-state index in [4.69, 9.17) is 0 Å². The van der Waals surface area contributed by atoms with Crippen LogP contribution in [-0.4, -0.2) is 49.5 Å². The van der Waals surface area contributed by atoms with E-state index in [9.17, 15) is 14.7 Å². The molecule has 26 heavy (non-hydrogen) atoms. The molecule has 3 rings (SSSR count). The second kappa shape index (κ2) is 9.17. The number of amides is 1. The number of piperidine rings is 2. The van der Waals surface area contributed by atoms with Gasteiger partial charge in [0, 0.05) is 31.0 Å². The Morgan fingerprint density at radius 1 is 1.08 bits per heavy atom. The maximum absolute atomic E-state index is 12.8. The van der Waals surface area contributed by atoms with E-state index in [-0.39, 0.29) is 24.2 Å². The van der Waals surface area contributed by atoms with Gasteiger partial charge in [-0.1, -0.05) is 18.2 Å². The lowest BCUT2D eigenvalue weighted by atomic mass is 9.80. The van der Waals surface area contributed by atoms with Crippen molar-refractivity contribution in [2.75, 3.05) is 32.7 Å². The molecule has 2 heterocycles. The standard InChI is InChI=1S/C21H30N2O3/c24-20(25)15-18-10-14-23(21(26)17-7-3-1-4-8-17)16-19(18)9-13-22-11-5-2-6-12-22/h1,3-4,7-8,18-19H,2,5-6,9-16H2,(H,24,25)/t18-,19-/m0/s1. The van der Waals surface area contributed by atoms with Crippen LogP contribution in [-0.2, 0) is 4.79 Å². The molecule has 0 bridgehead atoms. The summed E-state index contributed by atoms with van der Waals surface area (Å²) in [6.07, 6.45) is 5.79. The summed E-state index contributed by atoms with van der Waals surface area (Å²) < 4.78 is 0. The average molecular weight is 358 g/mol. The summed E-state index contributed by atoms with van der Waals surface area (Å²) in [5.74, 6) is -0.520. The van der Waals surface area contributed by atoms with Gasteiger partial charge in [-0.2, -0.15) is 0 Å². The van der Waals surface area contributed by atoms with Crippen molar-refractivity contribution >= 4 is 11.9 Å². The van der Waals surface area contributed by atoms with E-state index in [0.717, 1.165) is 19.4 Å². The minimum atomic E-state index is -0.965. The van der Waals surface area contributed by atoms with E-state index in [1.807, 2.05) is 35.2 Å². The monoisotopic (exact) mass is 358 g/mol. The molecule has 5 nitrogen and oxygen atoms in total. The van der Waals surface area contributed by atoms with Gasteiger partial charge in [-0.15, -0.1) is 0 Å². The third-order valence-corrected chi connectivity index (χ3v) is 6.06. The van der Waals surface area contributed by atoms with Crippen LogP contribution in [0.1, 0.15) is 48.9 Å². The van der Waals surface area contributed by atoms with E-state index < -0.39 is 5.97 Å². The van der Waals surface area contributed by atoms with Crippen molar-refractivity contribution in [2.24, 2.45) is 11.8 Å². The largest absolute Gasteiger partial charge is 0.550 e. The Labute approximate surface area is 156 Å². The number of quaternary nitrogens is 1. The zero-order chi connectivity index (χ0) is 18.4. The highest BCUT2D eigenvalue weighted by Crippen LogP contribution is 2.29. The highest BCUT2D eigenvalue weighted by molar-refractivity contribution is 5.94. The van der Waals surface area contributed by atoms with Crippen molar-refractivity contribution in [3.05, 3.63) is 35.9 Å². The molecule has 5 heteroatoms. The van der Waals surface area contributed by atoms with Crippen molar-refractivity contribution in [2.45, 2.75) is 38.5 Å². The van der Waals surface area contributed by atoms with E-state index in [1.165, 1.54) is 32.4 Å². The molecule has 2 saturated heterocycles. The highest BCUT2D eigenvalue weighted by Gasteiger charge is 2.32. The molecule has 1 amide bonds. The van der Waals surface area contributed by atoms with Crippen molar-refractivity contribution in [1.29, 1.82) is 0 Å². The number of hydrogen-bond acceptors (Lipinski definition) is 3. The SMILES string of the molecule is O=C([O-])C[C@@H]1CCN(C(=O)c2ccccc2)C[C@@H]1CC[NH+]1CCCCC1. The van der Waals surface area contributed by atoms with Gasteiger partial charge in [0.05, 0.1) is 19.6 Å². The molecule has 0 unspecified atom stereocenters. The second-order valence-electron chi connectivity index (χ2n) is 7.85. The predicted octanol–water partition coefficient (Wildman–Crippen LogP) is 0.364. The van der Waals surface area contributed by atoms with Crippen LogP contribution in [0.3, 0.4) is 0 Å². The second-order valence-corrected chi connectivity index (χ2v) is 7.85. The molecule has 1 aromatic carbocycles. The van der Waals surface area contributed by atoms with Gasteiger partial charge in [0.1, 0.15) is 0 Å². The zero-order valence-electron chi connectivity index (χ0n) is 15.5. The summed E-state index contributed by atoms with van der Waals surface area (Å²) in [7, 11) is 0. The molecule has 2 fully saturated rings. The molecule has 2 aliphatic rings. The number of rotatable bonds is 6. The Balaban J connectivity index is 1.62. The predicted molar refractivity (Wildman–Crippen MR) is 97.6 cm³/mol. The summed E-state index contributed by atoms with van der Waals surface area (Å²) in [6.45, 7) is 4.84. The molecule has 1 N–H and O–H groups in total. The third-order valence-electron chi connectivity index (χ3n) is 6.06. The number of nitrogens with zero attached hydrogens (tertiary/aromatic N) is 1. The number of carbonyl (C=O) groups excluding carboxylic acids is 2. The third kappa shape index (κ3) is 5.07. The average Bonchev–Trinajstić information content (AvgIpc) is 2.68. The lowest BCUT2D eigenvalue weighted by Crippen LogP contribution is -3.12. The fraction of sp³-hybridized carbons (Fsp3) is 0.619. The molecular formula is C21H30N2O3. The molecule has 0 saturated carbocycles. The Kier molecular flexibility index (Phi) is 6.67. The van der Waals surface area contributed by atoms with Gasteiger partial charge < -0.3 is 19.7 Å². The number of carbonyl (C=O) groups is 2. The fourth-order valence-corrected chi connectivity index (χ4v) is 4.53. The van der Waals surface area contributed by atoms with Crippen molar-refractivity contribution in [3.63, 3.8) is 0 Å². The van der Waals surface area contributed by atoms with Gasteiger partial charge in [0.15, 0.2) is 0 Å². The molecule has 0 aliphatic carbocycles. The highest BCUT2D eigenvalue weighted by atomic mass is 16.4. The lowest BCUT2D eigenvalue weighted by molar-refractivity contribution is -0.905. The summed E-state index contributed by atoms with van der Waals surface area (Å²) in [6, 6.07) is 9.37. The number of nitrogens with one attached hydrogen (secondary N) is 1. The van der Waals surface area contributed by atoms with Gasteiger partial charge in [0.25, 0.3) is 5.91 Å². The van der Waals surface area contributed by atoms with E-state index in [0.29, 0.717) is 18.7 Å². The van der Waals surface area contributed by atoms with Crippen LogP contribution in [0, 0.1) is 11.8 Å². The van der Waals surface area contributed by atoms with Gasteiger partial charge in [-0.3, -0.25) is 4.79 Å². The Bertz CT molecular complexity index is 599. The number of hydrogen-bond donors (Lipinski definition) is 1. The lowest BCUT2D eigenvalue weighted by Gasteiger charge is -2.39. The first kappa shape index (κ1) is 18.9. The molecule has 0 radical (unpaired) electrons. The number of carboxylic acid groups (broad SMARTS) is 1. The number of likely N-dealkylation sites (tertiary alicyclic amines) is 2. The Morgan fingerprint density at radius 3 is 2.50 bits per heavy atom. The van der Waals surface area contributed by atoms with Crippen LogP contribution in [0.5, 0.6) is 0 Å². The first-order chi connectivity index (χ1) is 12.6. The molecule has 0 aromatic heterocycles. The Hall–Kier alpha value is -1.88. The number of benzene rings is 1. The molecule has 0 spiro atoms. The van der Waals surface area contributed by atoms with Gasteiger partial charge in [-0.05, 0) is 56.1 Å². The van der Waals surface area contributed by atoms with E-state index >= 15 is 0 Å². The zero-order valence-corrected chi connectivity index (χ0v) is 15.5. The van der Waals surface area contributed by atoms with Crippen LogP contribution in [0.2, 0.25) is 0 Å². The van der Waals surface area contributed by atoms with E-state index in [1.54, 1.807) is 4.90 Å². The normalized spacial score (nSPS) is 24.4. The molecular weight excluding hydrogens is 328 g/mol. The summed E-state index contributed by atoms with van der Waals surface area (Å²) >= 11 is 0. The van der Waals surface area contributed by atoms with Crippen LogP contribution in [0.15, 0.2) is 30.3 Å². The summed E-state index contributed by atoms with van der Waals surface area (Å²) in [5.41, 5.74) is 0.714. The van der Waals surface area contributed by atoms with Gasteiger partial charge in [0.2, 0.25) is 0 Å². The topological polar surface area (TPSA) is 64.9 Å². The van der Waals surface area contributed by atoms with Crippen LogP contribution >= 0.6 is 0 Å². The van der Waals surface area contributed by atoms with Crippen molar-refractivity contribution < 1.29 is 19.6 Å². The van der Waals surface area contributed by atoms with Crippen LogP contribution in [0.25, 0.3) is 0 Å². The number of carboxylic acids is 1. The first-order valence-electron chi connectivity index (χ1n) is 10.0. The maximum Gasteiger partial charge on any atom is 0.253 e. The fourth-order valence-electron chi connectivity index (χ4n) is 4.53. The van der Waals surface area contributed by atoms with E-state index in [2.05, 4.69) is 0 Å². The first-order valence-corrected chi connectivity index (χ1v) is 10.0. The van der Waals surface area contributed by atoms with Crippen molar-refractivity contribution in [3.8, 4) is 0 Å². The van der Waals surface area contributed by atoms with Gasteiger partial charge in [-0.25, -0.2) is 0 Å². The van der Waals surface area contributed by atoms with Crippen LogP contribution in [0.4, 0.5) is 0 Å². The maximum atomic E-state index is 12.8. The summed E-state index contributed by atoms with van der Waals surface area (Å²) in [4.78, 5) is 27.5. The molecule has 2 aliphatic heterocycles. The molecule has 142 valence electrons. The Morgan fingerprint density at radius 2 is 1.81 bits per heavy atom.